The topological polar surface area (TPSA) is 65.2 Å². The van der Waals surface area contributed by atoms with Gasteiger partial charge in [-0.05, 0) is 49.2 Å². The molecule has 1 aliphatic rings. The zero-order valence-corrected chi connectivity index (χ0v) is 17.4. The van der Waals surface area contributed by atoms with E-state index in [2.05, 4.69) is 27.3 Å². The van der Waals surface area contributed by atoms with Gasteiger partial charge in [0.2, 0.25) is 5.91 Å². The molecule has 0 spiro atoms. The summed E-state index contributed by atoms with van der Waals surface area (Å²) < 4.78 is 0.917. The molecule has 3 aromatic rings. The molecule has 7 heteroatoms. The number of benzene rings is 2. The fourth-order valence-electron chi connectivity index (χ4n) is 3.68. The Morgan fingerprint density at radius 3 is 2.64 bits per heavy atom. The summed E-state index contributed by atoms with van der Waals surface area (Å²) in [5, 5.41) is 3.21. The maximum absolute atomic E-state index is 12.7. The normalized spacial score (nSPS) is 15.3. The van der Waals surface area contributed by atoms with Gasteiger partial charge in [0.25, 0.3) is 0 Å². The summed E-state index contributed by atoms with van der Waals surface area (Å²) in [6.45, 7) is 3.04. The third kappa shape index (κ3) is 5.04. The van der Waals surface area contributed by atoms with Gasteiger partial charge < -0.3 is 15.2 Å². The zero-order chi connectivity index (χ0) is 18.6. The maximum Gasteiger partial charge on any atom is 0.305 e. The van der Waals surface area contributed by atoms with Crippen molar-refractivity contribution in [2.24, 2.45) is 0 Å². The molecule has 148 valence electrons. The Morgan fingerprint density at radius 2 is 1.89 bits per heavy atom. The van der Waals surface area contributed by atoms with Crippen LogP contribution in [0.25, 0.3) is 10.2 Å². The van der Waals surface area contributed by atoms with E-state index in [-0.39, 0.29) is 30.3 Å². The molecule has 5 nitrogen and oxygen atoms in total. The number of rotatable bonds is 6. The van der Waals surface area contributed by atoms with E-state index in [4.69, 9.17) is 0 Å². The monoisotopic (exact) mass is 415 g/mol. The van der Waals surface area contributed by atoms with Gasteiger partial charge in [-0.3, -0.25) is 9.59 Å². The van der Waals surface area contributed by atoms with Crippen LogP contribution in [0, 0.1) is 0 Å². The van der Waals surface area contributed by atoms with Crippen LogP contribution >= 0.6 is 24.8 Å². The van der Waals surface area contributed by atoms with Crippen LogP contribution < -0.4 is 10.2 Å². The van der Waals surface area contributed by atoms with Crippen molar-refractivity contribution >= 4 is 41.0 Å². The summed E-state index contributed by atoms with van der Waals surface area (Å²) in [6.07, 6.45) is 2.76. The Hall–Kier alpha value is -2.09. The van der Waals surface area contributed by atoms with Crippen molar-refractivity contribution < 1.29 is 4.79 Å². The minimum atomic E-state index is -0.0682. The standard InChI is InChI=1S/C21H23N3O2S.H2S/c25-20(13-15-8-9-19-17(12-15)23-21(26)27-19)22-18(14-24-10-4-5-11-24)16-6-2-1-3-7-16;/h1-3,6-9,12,18H,4-5,10-11,13-14H2,(H,22,25)(H,23,26);1H2. The highest BCUT2D eigenvalue weighted by molar-refractivity contribution is 7.59. The summed E-state index contributed by atoms with van der Waals surface area (Å²) in [4.78, 5) is 29.3. The number of fused-ring (bicyclic) bond motifs is 1. The number of carbonyl (C=O) groups excluding carboxylic acids is 1. The molecule has 0 bridgehead atoms. The van der Waals surface area contributed by atoms with Crippen LogP contribution in [0.3, 0.4) is 0 Å². The molecular formula is C21H25N3O2S2. The van der Waals surface area contributed by atoms with E-state index in [1.807, 2.05) is 36.4 Å². The first kappa shape index (κ1) is 20.6. The number of aromatic nitrogens is 1. The average molecular weight is 416 g/mol. The van der Waals surface area contributed by atoms with Gasteiger partial charge in [0.1, 0.15) is 0 Å². The predicted molar refractivity (Wildman–Crippen MR) is 120 cm³/mol. The lowest BCUT2D eigenvalue weighted by Gasteiger charge is -2.25. The number of likely N-dealkylation sites (tertiary alicyclic amines) is 1. The van der Waals surface area contributed by atoms with Crippen molar-refractivity contribution in [3.63, 3.8) is 0 Å². The first-order chi connectivity index (χ1) is 13.2. The summed E-state index contributed by atoms with van der Waals surface area (Å²) >= 11 is 1.19. The largest absolute Gasteiger partial charge is 0.348 e. The van der Waals surface area contributed by atoms with Crippen LogP contribution in [0.1, 0.15) is 30.0 Å². The number of hydrogen-bond acceptors (Lipinski definition) is 4. The minimum absolute atomic E-state index is 0. The van der Waals surface area contributed by atoms with Gasteiger partial charge in [0.05, 0.1) is 22.7 Å². The van der Waals surface area contributed by atoms with Crippen molar-refractivity contribution in [1.82, 2.24) is 15.2 Å². The number of thiazole rings is 1. The highest BCUT2D eigenvalue weighted by Gasteiger charge is 2.20. The molecule has 1 unspecified atom stereocenters. The Kier molecular flexibility index (Phi) is 6.93. The van der Waals surface area contributed by atoms with Crippen LogP contribution in [0.2, 0.25) is 0 Å². The fraction of sp³-hybridized carbons (Fsp3) is 0.333. The maximum atomic E-state index is 12.7. The van der Waals surface area contributed by atoms with Gasteiger partial charge in [-0.25, -0.2) is 0 Å². The van der Waals surface area contributed by atoms with Crippen molar-refractivity contribution in [1.29, 1.82) is 0 Å². The zero-order valence-electron chi connectivity index (χ0n) is 15.6. The second kappa shape index (κ2) is 9.41. The SMILES string of the molecule is O=C(Cc1ccc2sc(=O)[nH]c2c1)NC(CN1CCCC1)c1ccccc1.S. The van der Waals surface area contributed by atoms with E-state index in [9.17, 15) is 9.59 Å². The van der Waals surface area contributed by atoms with Crippen LogP contribution in [-0.4, -0.2) is 35.4 Å². The summed E-state index contributed by atoms with van der Waals surface area (Å²) in [7, 11) is 0. The van der Waals surface area contributed by atoms with Gasteiger partial charge in [0, 0.05) is 6.54 Å². The molecule has 0 aliphatic carbocycles. The Morgan fingerprint density at radius 1 is 1.14 bits per heavy atom. The Balaban J connectivity index is 0.00000225. The molecular weight excluding hydrogens is 390 g/mol. The van der Waals surface area contributed by atoms with E-state index in [0.29, 0.717) is 6.42 Å². The van der Waals surface area contributed by atoms with E-state index in [1.165, 1.54) is 24.2 Å². The van der Waals surface area contributed by atoms with Gasteiger partial charge in [0.15, 0.2) is 0 Å². The number of carbonyl (C=O) groups is 1. The van der Waals surface area contributed by atoms with Crippen LogP contribution in [0.15, 0.2) is 53.3 Å². The number of nitrogens with zero attached hydrogens (tertiary/aromatic N) is 1. The highest BCUT2D eigenvalue weighted by Crippen LogP contribution is 2.19. The molecule has 2 N–H and O–H groups in total. The molecule has 0 radical (unpaired) electrons. The quantitative estimate of drug-likeness (QED) is 0.650. The number of aromatic amines is 1. The van der Waals surface area contributed by atoms with Gasteiger partial charge in [-0.2, -0.15) is 13.5 Å². The molecule has 1 fully saturated rings. The number of amides is 1. The molecule has 2 aromatic carbocycles. The number of H-pyrrole nitrogens is 1. The molecule has 4 rings (SSSR count). The molecule has 1 atom stereocenters. The first-order valence-corrected chi connectivity index (χ1v) is 10.2. The predicted octanol–water partition coefficient (Wildman–Crippen LogP) is 3.20. The Labute approximate surface area is 175 Å². The van der Waals surface area contributed by atoms with E-state index >= 15 is 0 Å². The first-order valence-electron chi connectivity index (χ1n) is 9.36. The van der Waals surface area contributed by atoms with Crippen LogP contribution in [0.4, 0.5) is 0 Å². The van der Waals surface area contributed by atoms with Crippen LogP contribution in [0.5, 0.6) is 0 Å². The molecule has 2 heterocycles. The summed E-state index contributed by atoms with van der Waals surface area (Å²) in [5.74, 6) is -0.0000217. The lowest BCUT2D eigenvalue weighted by Crippen LogP contribution is -2.37. The van der Waals surface area contributed by atoms with Crippen molar-refractivity contribution in [3.05, 3.63) is 69.3 Å². The molecule has 1 amide bonds. The number of nitrogens with one attached hydrogen (secondary N) is 2. The van der Waals surface area contributed by atoms with Crippen LogP contribution in [-0.2, 0) is 11.2 Å². The van der Waals surface area contributed by atoms with Gasteiger partial charge in [-0.15, -0.1) is 0 Å². The number of hydrogen-bond donors (Lipinski definition) is 2. The fourth-order valence-corrected chi connectivity index (χ4v) is 4.40. The molecule has 1 saturated heterocycles. The molecule has 28 heavy (non-hydrogen) atoms. The summed E-state index contributed by atoms with van der Waals surface area (Å²) in [6, 6.07) is 15.9. The minimum Gasteiger partial charge on any atom is -0.348 e. The molecule has 1 aliphatic heterocycles. The van der Waals surface area contributed by atoms with E-state index in [1.54, 1.807) is 0 Å². The summed E-state index contributed by atoms with van der Waals surface area (Å²) in [5.41, 5.74) is 2.84. The van der Waals surface area contributed by atoms with E-state index < -0.39 is 0 Å². The lowest BCUT2D eigenvalue weighted by molar-refractivity contribution is -0.121. The average Bonchev–Trinajstić information content (AvgIpc) is 3.30. The molecule has 0 saturated carbocycles. The second-order valence-electron chi connectivity index (χ2n) is 7.06. The van der Waals surface area contributed by atoms with Crippen molar-refractivity contribution in [3.8, 4) is 0 Å². The third-order valence-electron chi connectivity index (χ3n) is 5.02. The van der Waals surface area contributed by atoms with Gasteiger partial charge >= 0.3 is 4.87 Å². The van der Waals surface area contributed by atoms with Crippen molar-refractivity contribution in [2.75, 3.05) is 19.6 Å². The smallest absolute Gasteiger partial charge is 0.305 e. The third-order valence-corrected chi connectivity index (χ3v) is 5.89. The second-order valence-corrected chi connectivity index (χ2v) is 8.08. The lowest BCUT2D eigenvalue weighted by atomic mass is 10.1. The van der Waals surface area contributed by atoms with Gasteiger partial charge in [-0.1, -0.05) is 47.7 Å². The Bertz CT molecular complexity index is 978. The van der Waals surface area contributed by atoms with E-state index in [0.717, 1.165) is 41.0 Å². The molecule has 1 aromatic heterocycles. The highest BCUT2D eigenvalue weighted by atomic mass is 32.1. The van der Waals surface area contributed by atoms with Crippen molar-refractivity contribution in [2.45, 2.75) is 25.3 Å².